The van der Waals surface area contributed by atoms with E-state index in [-0.39, 0.29) is 23.8 Å². The number of aromatic nitrogens is 1. The molecular formula is C21H24F3N3O3. The van der Waals surface area contributed by atoms with Crippen LogP contribution in [0.1, 0.15) is 53.8 Å². The lowest BCUT2D eigenvalue weighted by molar-refractivity contribution is -0.137. The molecule has 1 N–H and O–H groups in total. The van der Waals surface area contributed by atoms with Gasteiger partial charge in [0.15, 0.2) is 5.82 Å². The first-order chi connectivity index (χ1) is 14.2. The van der Waals surface area contributed by atoms with E-state index < -0.39 is 23.6 Å². The van der Waals surface area contributed by atoms with Gasteiger partial charge in [0.1, 0.15) is 12.3 Å². The SMILES string of the molecule is Cc1cc(NC(=O)CN(CC2CCCCC2)C(=O)c2cccc(C(F)(F)F)c2)no1. The van der Waals surface area contributed by atoms with Crippen molar-refractivity contribution in [3.8, 4) is 0 Å². The molecule has 162 valence electrons. The van der Waals surface area contributed by atoms with E-state index in [4.69, 9.17) is 4.52 Å². The Bertz CT molecular complexity index is 889. The lowest BCUT2D eigenvalue weighted by atomic mass is 9.89. The van der Waals surface area contributed by atoms with Crippen LogP contribution in [0.3, 0.4) is 0 Å². The first kappa shape index (κ1) is 21.9. The Morgan fingerprint density at radius 3 is 2.57 bits per heavy atom. The third-order valence-corrected chi connectivity index (χ3v) is 5.16. The average molecular weight is 423 g/mol. The Hall–Kier alpha value is -2.84. The maximum Gasteiger partial charge on any atom is 0.416 e. The summed E-state index contributed by atoms with van der Waals surface area (Å²) in [4.78, 5) is 26.8. The topological polar surface area (TPSA) is 75.4 Å². The molecule has 0 spiro atoms. The minimum atomic E-state index is -4.55. The number of carbonyl (C=O) groups excluding carboxylic acids is 2. The maximum atomic E-state index is 13.1. The van der Waals surface area contributed by atoms with Crippen LogP contribution in [0.4, 0.5) is 19.0 Å². The predicted molar refractivity (Wildman–Crippen MR) is 104 cm³/mol. The molecule has 0 atom stereocenters. The normalized spacial score (nSPS) is 15.1. The van der Waals surface area contributed by atoms with Gasteiger partial charge in [0.05, 0.1) is 5.56 Å². The molecule has 1 aliphatic carbocycles. The second-order valence-corrected chi connectivity index (χ2v) is 7.64. The van der Waals surface area contributed by atoms with Crippen LogP contribution in [0, 0.1) is 12.8 Å². The highest BCUT2D eigenvalue weighted by molar-refractivity contribution is 5.99. The van der Waals surface area contributed by atoms with Crippen molar-refractivity contribution in [2.45, 2.75) is 45.2 Å². The van der Waals surface area contributed by atoms with Crippen molar-refractivity contribution in [1.82, 2.24) is 10.1 Å². The van der Waals surface area contributed by atoms with Crippen molar-refractivity contribution in [3.05, 3.63) is 47.2 Å². The summed E-state index contributed by atoms with van der Waals surface area (Å²) in [5.74, 6) is -0.126. The zero-order chi connectivity index (χ0) is 21.7. The molecule has 1 aromatic carbocycles. The molecule has 1 saturated carbocycles. The molecule has 30 heavy (non-hydrogen) atoms. The van der Waals surface area contributed by atoms with Gasteiger partial charge < -0.3 is 14.7 Å². The molecule has 2 aromatic rings. The molecule has 3 rings (SSSR count). The second kappa shape index (κ2) is 9.32. The molecule has 0 saturated heterocycles. The molecule has 1 fully saturated rings. The van der Waals surface area contributed by atoms with Crippen molar-refractivity contribution in [1.29, 1.82) is 0 Å². The standard InChI is InChI=1S/C21H24F3N3O3/c1-14-10-18(26-30-14)25-19(28)13-27(12-15-6-3-2-4-7-15)20(29)16-8-5-9-17(11-16)21(22,23)24/h5,8-11,15H,2-4,6-7,12-13H2,1H3,(H,25,26,28). The molecule has 2 amide bonds. The fraction of sp³-hybridized carbons (Fsp3) is 0.476. The van der Waals surface area contributed by atoms with E-state index in [1.165, 1.54) is 23.1 Å². The van der Waals surface area contributed by atoms with Gasteiger partial charge in [-0.25, -0.2) is 0 Å². The van der Waals surface area contributed by atoms with Crippen molar-refractivity contribution in [2.75, 3.05) is 18.4 Å². The van der Waals surface area contributed by atoms with Crippen molar-refractivity contribution in [3.63, 3.8) is 0 Å². The lowest BCUT2D eigenvalue weighted by Crippen LogP contribution is -2.41. The molecule has 0 unspecified atom stereocenters. The largest absolute Gasteiger partial charge is 0.416 e. The summed E-state index contributed by atoms with van der Waals surface area (Å²) in [6.07, 6.45) is 0.519. The number of hydrogen-bond donors (Lipinski definition) is 1. The monoisotopic (exact) mass is 423 g/mol. The van der Waals surface area contributed by atoms with Gasteiger partial charge in [0, 0.05) is 18.2 Å². The number of benzene rings is 1. The molecule has 1 heterocycles. The minimum absolute atomic E-state index is 0.0919. The molecule has 9 heteroatoms. The van der Waals surface area contributed by atoms with Gasteiger partial charge in [-0.3, -0.25) is 9.59 Å². The van der Waals surface area contributed by atoms with Crippen LogP contribution in [0.2, 0.25) is 0 Å². The number of carbonyl (C=O) groups is 2. The molecular weight excluding hydrogens is 399 g/mol. The third-order valence-electron chi connectivity index (χ3n) is 5.16. The quantitative estimate of drug-likeness (QED) is 0.733. The van der Waals surface area contributed by atoms with Crippen molar-refractivity contribution in [2.24, 2.45) is 5.92 Å². The molecule has 1 aromatic heterocycles. The minimum Gasteiger partial charge on any atom is -0.360 e. The maximum absolute atomic E-state index is 13.1. The van der Waals surface area contributed by atoms with Crippen molar-refractivity contribution < 1.29 is 27.3 Å². The fourth-order valence-electron chi connectivity index (χ4n) is 3.69. The predicted octanol–water partition coefficient (Wildman–Crippen LogP) is 4.66. The van der Waals surface area contributed by atoms with Crippen LogP contribution in [0.15, 0.2) is 34.9 Å². The van der Waals surface area contributed by atoms with Gasteiger partial charge in [-0.2, -0.15) is 13.2 Å². The lowest BCUT2D eigenvalue weighted by Gasteiger charge is -2.29. The number of nitrogens with zero attached hydrogens (tertiary/aromatic N) is 2. The summed E-state index contributed by atoms with van der Waals surface area (Å²) < 4.78 is 44.1. The van der Waals surface area contributed by atoms with Gasteiger partial charge in [0.25, 0.3) is 5.91 Å². The summed E-state index contributed by atoms with van der Waals surface area (Å²) in [5, 5.41) is 6.24. The summed E-state index contributed by atoms with van der Waals surface area (Å²) >= 11 is 0. The van der Waals surface area contributed by atoms with E-state index in [1.54, 1.807) is 6.92 Å². The van der Waals surface area contributed by atoms with Crippen LogP contribution < -0.4 is 5.32 Å². The van der Waals surface area contributed by atoms with E-state index in [9.17, 15) is 22.8 Å². The van der Waals surface area contributed by atoms with Gasteiger partial charge in [-0.15, -0.1) is 0 Å². The molecule has 0 radical (unpaired) electrons. The van der Waals surface area contributed by atoms with E-state index in [2.05, 4.69) is 10.5 Å². The number of amides is 2. The number of anilines is 1. The number of rotatable bonds is 6. The number of hydrogen-bond acceptors (Lipinski definition) is 4. The number of aryl methyl sites for hydroxylation is 1. The van der Waals surface area contributed by atoms with E-state index >= 15 is 0 Å². The highest BCUT2D eigenvalue weighted by atomic mass is 19.4. The summed E-state index contributed by atoms with van der Waals surface area (Å²) in [6.45, 7) is 1.72. The zero-order valence-electron chi connectivity index (χ0n) is 16.7. The highest BCUT2D eigenvalue weighted by Gasteiger charge is 2.32. The number of nitrogens with one attached hydrogen (secondary N) is 1. The first-order valence-corrected chi connectivity index (χ1v) is 9.92. The molecule has 0 bridgehead atoms. The van der Waals surface area contributed by atoms with Crippen molar-refractivity contribution >= 4 is 17.6 Å². The Morgan fingerprint density at radius 1 is 1.20 bits per heavy atom. The van der Waals surface area contributed by atoms with Crippen LogP contribution in [-0.4, -0.2) is 35.0 Å². The number of halogens is 3. The summed E-state index contributed by atoms with van der Waals surface area (Å²) in [6, 6.07) is 5.83. The molecule has 6 nitrogen and oxygen atoms in total. The Kier molecular flexibility index (Phi) is 6.79. The third kappa shape index (κ3) is 5.84. The van der Waals surface area contributed by atoms with E-state index in [1.807, 2.05) is 0 Å². The smallest absolute Gasteiger partial charge is 0.360 e. The average Bonchev–Trinajstić information content (AvgIpc) is 3.11. The van der Waals surface area contributed by atoms with Crippen LogP contribution in [0.25, 0.3) is 0 Å². The van der Waals surface area contributed by atoms with Crippen LogP contribution in [0.5, 0.6) is 0 Å². The first-order valence-electron chi connectivity index (χ1n) is 9.92. The Morgan fingerprint density at radius 2 is 1.93 bits per heavy atom. The fourth-order valence-corrected chi connectivity index (χ4v) is 3.69. The number of alkyl halides is 3. The van der Waals surface area contributed by atoms with Gasteiger partial charge >= 0.3 is 6.18 Å². The van der Waals surface area contributed by atoms with Crippen LogP contribution >= 0.6 is 0 Å². The molecule has 0 aliphatic heterocycles. The Balaban J connectivity index is 1.77. The van der Waals surface area contributed by atoms with Crippen LogP contribution in [-0.2, 0) is 11.0 Å². The Labute approximate surface area is 172 Å². The second-order valence-electron chi connectivity index (χ2n) is 7.64. The van der Waals surface area contributed by atoms with Gasteiger partial charge in [-0.05, 0) is 43.9 Å². The van der Waals surface area contributed by atoms with Gasteiger partial charge in [0.2, 0.25) is 5.91 Å². The van der Waals surface area contributed by atoms with E-state index in [0.717, 1.165) is 44.2 Å². The summed E-state index contributed by atoms with van der Waals surface area (Å²) in [5.41, 5.74) is -0.987. The van der Waals surface area contributed by atoms with Gasteiger partial charge in [-0.1, -0.05) is 30.5 Å². The highest BCUT2D eigenvalue weighted by Crippen LogP contribution is 2.30. The van der Waals surface area contributed by atoms with E-state index in [0.29, 0.717) is 12.3 Å². The molecule has 1 aliphatic rings. The summed E-state index contributed by atoms with van der Waals surface area (Å²) in [7, 11) is 0. The zero-order valence-corrected chi connectivity index (χ0v) is 16.7.